The van der Waals surface area contributed by atoms with Crippen LogP contribution in [0.25, 0.3) is 0 Å². The fraction of sp³-hybridized carbons (Fsp3) is 0.930. The molecule has 9 N–H and O–H groups in total. The maximum atomic E-state index is 13.3. The third kappa shape index (κ3) is 36.1. The van der Waals surface area contributed by atoms with Crippen LogP contribution in [0.1, 0.15) is 194 Å². The van der Waals surface area contributed by atoms with E-state index in [1.807, 2.05) is 6.92 Å². The largest absolute Gasteiger partial charge is 0.472 e. The number of esters is 2. The summed E-state index contributed by atoms with van der Waals surface area (Å²) in [6.07, 6.45) is 8.24. The Morgan fingerprint density at radius 1 is 0.451 bits per heavy atom. The number of unbranched alkanes of at least 4 members (excludes halogenated alkanes) is 22. The van der Waals surface area contributed by atoms with Crippen LogP contribution in [-0.4, -0.2) is 123 Å². The van der Waals surface area contributed by atoms with Gasteiger partial charge in [0.1, 0.15) is 43.2 Å². The first-order chi connectivity index (χ1) is 33.4. The summed E-state index contributed by atoms with van der Waals surface area (Å²) in [5.74, 6) is -0.543. The number of phosphoric acid groups is 4. The Morgan fingerprint density at radius 2 is 0.831 bits per heavy atom. The summed E-state index contributed by atoms with van der Waals surface area (Å²) in [5.41, 5.74) is 0. The van der Waals surface area contributed by atoms with Crippen molar-refractivity contribution in [1.29, 1.82) is 0 Å². The van der Waals surface area contributed by atoms with Crippen LogP contribution in [0.15, 0.2) is 0 Å². The first-order valence-corrected chi connectivity index (χ1v) is 32.2. The van der Waals surface area contributed by atoms with Crippen molar-refractivity contribution in [2.75, 3.05) is 19.0 Å². The quantitative estimate of drug-likeness (QED) is 0.0157. The highest BCUT2D eigenvalue weighted by Gasteiger charge is 2.59. The van der Waals surface area contributed by atoms with Gasteiger partial charge in [-0.05, 0) is 25.7 Å². The summed E-state index contributed by atoms with van der Waals surface area (Å²) >= 11 is 1.43. The molecule has 1 aliphatic rings. The van der Waals surface area contributed by atoms with Gasteiger partial charge in [0.05, 0.1) is 6.61 Å². The number of carbonyl (C=O) groups is 3. The second-order valence-corrected chi connectivity index (χ2v) is 24.0. The van der Waals surface area contributed by atoms with E-state index in [0.29, 0.717) is 19.3 Å². The smallest absolute Gasteiger partial charge is 0.462 e. The van der Waals surface area contributed by atoms with Crippen LogP contribution in [0, 0.1) is 0 Å². The molecule has 0 amide bonds. The van der Waals surface area contributed by atoms with Gasteiger partial charge in [0.25, 0.3) is 0 Å². The van der Waals surface area contributed by atoms with Gasteiger partial charge in [0.15, 0.2) is 11.2 Å². The second-order valence-electron chi connectivity index (χ2n) is 17.9. The van der Waals surface area contributed by atoms with Crippen LogP contribution >= 0.6 is 43.1 Å². The molecule has 0 radical (unpaired) electrons. The predicted molar refractivity (Wildman–Crippen MR) is 262 cm³/mol. The van der Waals surface area contributed by atoms with Crippen molar-refractivity contribution in [3.05, 3.63) is 0 Å². The van der Waals surface area contributed by atoms with Crippen molar-refractivity contribution in [3.8, 4) is 0 Å². The van der Waals surface area contributed by atoms with E-state index >= 15 is 0 Å². The zero-order chi connectivity index (χ0) is 53.4. The van der Waals surface area contributed by atoms with Gasteiger partial charge in [-0.3, -0.25) is 37.0 Å². The molecule has 1 rings (SSSR count). The molecule has 0 aromatic rings. The SMILES string of the molecule is CCCCCCCCCCCCCCCC(=O)O[C@H](COC(=O)CCCCCCCCCCCCCSC(=O)CCC)COP(=O)(O)OC1C(O)[C@@H](OP(=O)(O)O)C(OP(=O)(O)O)[C@@H](OP(=O)(O)O)[C@H]1O. The first kappa shape index (κ1) is 68.3. The lowest BCUT2D eigenvalue weighted by molar-refractivity contribution is -0.209. The van der Waals surface area contributed by atoms with E-state index in [1.54, 1.807) is 0 Å². The maximum absolute atomic E-state index is 13.3. The van der Waals surface area contributed by atoms with Gasteiger partial charge >= 0.3 is 43.2 Å². The molecule has 0 saturated heterocycles. The molecular formula is C43H84O23P4S. The van der Waals surface area contributed by atoms with Crippen molar-refractivity contribution >= 4 is 60.1 Å². The van der Waals surface area contributed by atoms with Crippen LogP contribution in [0.3, 0.4) is 0 Å². The molecule has 1 fully saturated rings. The predicted octanol–water partition coefficient (Wildman–Crippen LogP) is 8.34. The number of rotatable bonds is 44. The Labute approximate surface area is 423 Å². The summed E-state index contributed by atoms with van der Waals surface area (Å²) < 4.78 is 82.2. The Kier molecular flexibility index (Phi) is 36.5. The van der Waals surface area contributed by atoms with Gasteiger partial charge < -0.3 is 53.9 Å². The third-order valence-corrected chi connectivity index (χ3v) is 15.0. The van der Waals surface area contributed by atoms with Crippen molar-refractivity contribution in [2.24, 2.45) is 0 Å². The lowest BCUT2D eigenvalue weighted by Crippen LogP contribution is -2.65. The average Bonchev–Trinajstić information content (AvgIpc) is 3.26. The number of carbonyl (C=O) groups excluding carboxylic acids is 3. The highest BCUT2D eigenvalue weighted by atomic mass is 32.2. The third-order valence-electron chi connectivity index (χ3n) is 11.4. The fourth-order valence-corrected chi connectivity index (χ4v) is 11.4. The molecule has 0 spiro atoms. The molecule has 420 valence electrons. The van der Waals surface area contributed by atoms with Crippen LogP contribution < -0.4 is 0 Å². The Hall–Kier alpha value is -0.680. The average molecular weight is 1130 g/mol. The van der Waals surface area contributed by atoms with Gasteiger partial charge in [-0.1, -0.05) is 160 Å². The number of hydrogen-bond acceptors (Lipinski definition) is 17. The monoisotopic (exact) mass is 1120 g/mol. The van der Waals surface area contributed by atoms with E-state index in [-0.39, 0.29) is 18.0 Å². The van der Waals surface area contributed by atoms with Crippen molar-refractivity contribution in [2.45, 2.75) is 236 Å². The molecule has 1 aliphatic carbocycles. The molecular weight excluding hydrogens is 1040 g/mol. The Bertz CT molecular complexity index is 1620. The van der Waals surface area contributed by atoms with E-state index in [0.717, 1.165) is 108 Å². The van der Waals surface area contributed by atoms with Gasteiger partial charge in [-0.25, -0.2) is 18.3 Å². The minimum absolute atomic E-state index is 0.0181. The van der Waals surface area contributed by atoms with E-state index in [9.17, 15) is 77.1 Å². The normalized spacial score (nSPS) is 21.2. The van der Waals surface area contributed by atoms with E-state index < -0.39 is 99.2 Å². The molecule has 0 aromatic carbocycles. The number of hydrogen-bond donors (Lipinski definition) is 9. The number of thioether (sulfide) groups is 1. The van der Waals surface area contributed by atoms with Crippen molar-refractivity contribution in [1.82, 2.24) is 0 Å². The van der Waals surface area contributed by atoms with Crippen LogP contribution in [0.4, 0.5) is 0 Å². The summed E-state index contributed by atoms with van der Waals surface area (Å²) in [6, 6.07) is 0. The minimum atomic E-state index is -5.79. The molecule has 1 saturated carbocycles. The zero-order valence-corrected chi connectivity index (χ0v) is 45.8. The van der Waals surface area contributed by atoms with Gasteiger partial charge in [0.2, 0.25) is 0 Å². The summed E-state index contributed by atoms with van der Waals surface area (Å²) in [5, 5.41) is 22.1. The number of aliphatic hydroxyl groups excluding tert-OH is 2. The Balaban J connectivity index is 2.84. The number of ether oxygens (including phenoxy) is 2. The summed E-state index contributed by atoms with van der Waals surface area (Å²) in [6.45, 7) is 2.52. The van der Waals surface area contributed by atoms with E-state index in [2.05, 4.69) is 20.5 Å². The molecule has 0 heterocycles. The molecule has 8 atom stereocenters. The highest BCUT2D eigenvalue weighted by molar-refractivity contribution is 8.13. The van der Waals surface area contributed by atoms with E-state index in [4.69, 9.17) is 18.5 Å². The molecule has 0 aromatic heterocycles. The van der Waals surface area contributed by atoms with Crippen LogP contribution in [-0.2, 0) is 64.7 Å². The van der Waals surface area contributed by atoms with Crippen LogP contribution in [0.2, 0.25) is 0 Å². The van der Waals surface area contributed by atoms with Gasteiger partial charge in [-0.15, -0.1) is 0 Å². The highest BCUT2D eigenvalue weighted by Crippen LogP contribution is 2.53. The molecule has 0 aliphatic heterocycles. The molecule has 28 heteroatoms. The number of phosphoric ester groups is 4. The minimum Gasteiger partial charge on any atom is -0.462 e. The summed E-state index contributed by atoms with van der Waals surface area (Å²) in [4.78, 5) is 104. The summed E-state index contributed by atoms with van der Waals surface area (Å²) in [7, 11) is -23.0. The van der Waals surface area contributed by atoms with Crippen molar-refractivity contribution in [3.63, 3.8) is 0 Å². The lowest BCUT2D eigenvalue weighted by Gasteiger charge is -2.45. The maximum Gasteiger partial charge on any atom is 0.472 e. The zero-order valence-electron chi connectivity index (χ0n) is 41.4. The molecule has 4 unspecified atom stereocenters. The molecule has 0 bridgehead atoms. The second kappa shape index (κ2) is 38.0. The fourth-order valence-electron chi connectivity index (χ4n) is 7.81. The standard InChI is InChI=1S/C43H84O23P4S/c1-3-5-6-7-8-9-10-11-13-17-20-23-26-30-36(45)62-34(32-60-35(44)29-25-22-19-16-14-12-15-18-21-24-27-31-71-37(46)28-4-2)33-61-70(58,59)66-40-38(47)41(63-67(49,50)51)43(65-69(55,56)57)42(39(40)48)64-68(52,53)54/h34,38-43,47-48H,3-33H2,1-2H3,(H,58,59)(H2,49,50,51)(H2,52,53,54)(H2,55,56,57)/t34-,38+,39?,40?,41+,42-,43?/m1/s1. The number of aliphatic hydroxyl groups is 2. The lowest BCUT2D eigenvalue weighted by atomic mass is 9.85. The van der Waals surface area contributed by atoms with Crippen LogP contribution in [0.5, 0.6) is 0 Å². The van der Waals surface area contributed by atoms with Crippen molar-refractivity contribution < 1.29 is 109 Å². The van der Waals surface area contributed by atoms with Gasteiger partial charge in [-0.2, -0.15) is 0 Å². The van der Waals surface area contributed by atoms with E-state index in [1.165, 1.54) is 56.7 Å². The topological polar surface area (TPSA) is 366 Å². The molecule has 23 nitrogen and oxygen atoms in total. The Morgan fingerprint density at radius 3 is 1.24 bits per heavy atom. The first-order valence-electron chi connectivity index (χ1n) is 25.1. The van der Waals surface area contributed by atoms with Gasteiger partial charge in [0, 0.05) is 25.0 Å². The molecule has 71 heavy (non-hydrogen) atoms.